The van der Waals surface area contributed by atoms with Crippen molar-refractivity contribution in [3.63, 3.8) is 0 Å². The van der Waals surface area contributed by atoms with Crippen molar-refractivity contribution in [2.24, 2.45) is 7.05 Å². The van der Waals surface area contributed by atoms with Gasteiger partial charge in [-0.2, -0.15) is 0 Å². The second kappa shape index (κ2) is 14.0. The summed E-state index contributed by atoms with van der Waals surface area (Å²) >= 11 is 1.10. The van der Waals surface area contributed by atoms with Crippen LogP contribution in [0.3, 0.4) is 0 Å². The largest absolute Gasteiger partial charge is 0.486 e. The maximum atomic E-state index is 12.2. The lowest BCUT2D eigenvalue weighted by Gasteiger charge is -2.44. The maximum Gasteiger partial charge on any atom is 0.303 e. The monoisotopic (exact) mass is 606 g/mol. The summed E-state index contributed by atoms with van der Waals surface area (Å²) in [6.07, 6.45) is -3.35. The Morgan fingerprint density at radius 1 is 0.952 bits per heavy atom. The van der Waals surface area contributed by atoms with E-state index in [2.05, 4.69) is 36.3 Å². The number of hydrogen-bond acceptors (Lipinski definition) is 12. The van der Waals surface area contributed by atoms with E-state index in [1.54, 1.807) is 11.6 Å². The molecule has 0 aliphatic carbocycles. The number of rotatable bonds is 10. The number of amides is 1. The average Bonchev–Trinajstić information content (AvgIpc) is 3.22. The van der Waals surface area contributed by atoms with Gasteiger partial charge in [-0.15, -0.1) is 10.2 Å². The Kier molecular flexibility index (Phi) is 11.0. The molecule has 2 heterocycles. The molecule has 2 aromatic rings. The van der Waals surface area contributed by atoms with Crippen molar-refractivity contribution in [2.45, 2.75) is 95.4 Å². The topological polar surface area (TPSA) is 157 Å². The van der Waals surface area contributed by atoms with E-state index in [-0.39, 0.29) is 18.6 Å². The van der Waals surface area contributed by atoms with Crippen LogP contribution >= 0.6 is 11.8 Å². The van der Waals surface area contributed by atoms with Crippen molar-refractivity contribution in [1.29, 1.82) is 0 Å². The van der Waals surface area contributed by atoms with E-state index in [9.17, 15) is 19.2 Å². The van der Waals surface area contributed by atoms with Crippen molar-refractivity contribution in [3.8, 4) is 5.75 Å². The molecule has 1 aromatic carbocycles. The van der Waals surface area contributed by atoms with Gasteiger partial charge in [-0.05, 0) is 23.1 Å². The van der Waals surface area contributed by atoms with Gasteiger partial charge < -0.3 is 33.6 Å². The van der Waals surface area contributed by atoms with Crippen molar-refractivity contribution in [2.75, 3.05) is 6.61 Å². The van der Waals surface area contributed by atoms with E-state index < -0.39 is 53.6 Å². The standard InChI is InChI=1S/C28H38N4O9S/c1-15(33)29-23-25(40-18(4)36)24(39-17(3)35)21(13-37-16(2)34)41-26(23)42-27-31-30-22(32(27)8)14-38-20-11-9-19(10-12-20)28(5,6)7/h9-12,21,23-26H,13-14H2,1-8H3,(H,29,33)/t21-,23+,24+,25+,26+/m1/s1. The van der Waals surface area contributed by atoms with Crippen molar-refractivity contribution >= 4 is 35.6 Å². The molecular weight excluding hydrogens is 568 g/mol. The van der Waals surface area contributed by atoms with E-state index in [1.807, 2.05) is 24.3 Å². The Labute approximate surface area is 248 Å². The van der Waals surface area contributed by atoms with Gasteiger partial charge in [0.2, 0.25) is 5.91 Å². The number of benzene rings is 1. The van der Waals surface area contributed by atoms with Gasteiger partial charge in [0.1, 0.15) is 36.5 Å². The van der Waals surface area contributed by atoms with Crippen LogP contribution in [0.1, 0.15) is 59.9 Å². The van der Waals surface area contributed by atoms with Gasteiger partial charge in [0.05, 0.1) is 0 Å². The molecule has 1 amide bonds. The highest BCUT2D eigenvalue weighted by molar-refractivity contribution is 7.99. The van der Waals surface area contributed by atoms with Crippen molar-refractivity contribution < 1.29 is 42.9 Å². The third-order valence-corrected chi connectivity index (χ3v) is 7.51. The minimum Gasteiger partial charge on any atom is -0.486 e. The zero-order chi connectivity index (χ0) is 31.2. The molecule has 13 nitrogen and oxygen atoms in total. The Morgan fingerprint density at radius 3 is 2.12 bits per heavy atom. The number of esters is 3. The summed E-state index contributed by atoms with van der Waals surface area (Å²) in [4.78, 5) is 47.8. The first kappa shape index (κ1) is 32.9. The molecule has 1 aliphatic rings. The predicted octanol–water partition coefficient (Wildman–Crippen LogP) is 2.44. The second-order valence-electron chi connectivity index (χ2n) is 10.9. The highest BCUT2D eigenvalue weighted by Crippen LogP contribution is 2.35. The second-order valence-corrected chi connectivity index (χ2v) is 11.9. The molecule has 0 radical (unpaired) electrons. The van der Waals surface area contributed by atoms with Crippen LogP contribution < -0.4 is 10.1 Å². The number of thioether (sulfide) groups is 1. The molecule has 1 fully saturated rings. The minimum absolute atomic E-state index is 0.0222. The van der Waals surface area contributed by atoms with E-state index in [4.69, 9.17) is 23.7 Å². The zero-order valence-electron chi connectivity index (χ0n) is 25.0. The molecule has 0 spiro atoms. The smallest absolute Gasteiger partial charge is 0.303 e. The molecule has 230 valence electrons. The molecular formula is C28H38N4O9S. The van der Waals surface area contributed by atoms with Gasteiger partial charge in [-0.25, -0.2) is 0 Å². The molecule has 14 heteroatoms. The summed E-state index contributed by atoms with van der Waals surface area (Å²) in [5.74, 6) is -1.16. The molecule has 5 atom stereocenters. The summed E-state index contributed by atoms with van der Waals surface area (Å²) in [7, 11) is 1.75. The molecule has 3 rings (SSSR count). The maximum absolute atomic E-state index is 12.2. The van der Waals surface area contributed by atoms with E-state index in [1.165, 1.54) is 33.3 Å². The van der Waals surface area contributed by atoms with Crippen molar-refractivity contribution in [3.05, 3.63) is 35.7 Å². The van der Waals surface area contributed by atoms with Gasteiger partial charge in [0.25, 0.3) is 0 Å². The molecule has 0 bridgehead atoms. The summed E-state index contributed by atoms with van der Waals surface area (Å²) in [6.45, 7) is 11.2. The van der Waals surface area contributed by atoms with Gasteiger partial charge in [-0.3, -0.25) is 19.2 Å². The highest BCUT2D eigenvalue weighted by atomic mass is 32.2. The number of carbonyl (C=O) groups is 4. The third-order valence-electron chi connectivity index (χ3n) is 6.31. The predicted molar refractivity (Wildman–Crippen MR) is 150 cm³/mol. The zero-order valence-corrected chi connectivity index (χ0v) is 25.9. The number of carbonyl (C=O) groups excluding carboxylic acids is 4. The number of nitrogens with one attached hydrogen (secondary N) is 1. The summed E-state index contributed by atoms with van der Waals surface area (Å²) < 4.78 is 30.0. The van der Waals surface area contributed by atoms with Crippen LogP contribution in [0.15, 0.2) is 29.4 Å². The first-order valence-corrected chi connectivity index (χ1v) is 14.2. The third kappa shape index (κ3) is 8.92. The van der Waals surface area contributed by atoms with Gasteiger partial charge in [0, 0.05) is 34.7 Å². The lowest BCUT2D eigenvalue weighted by Crippen LogP contribution is -2.65. The van der Waals surface area contributed by atoms with Gasteiger partial charge >= 0.3 is 17.9 Å². The van der Waals surface area contributed by atoms with Crippen LogP contribution in [0.25, 0.3) is 0 Å². The van der Waals surface area contributed by atoms with Crippen LogP contribution in [-0.2, 0) is 57.2 Å². The van der Waals surface area contributed by atoms with E-state index in [0.29, 0.717) is 16.7 Å². The molecule has 42 heavy (non-hydrogen) atoms. The van der Waals surface area contributed by atoms with Crippen LogP contribution in [0.4, 0.5) is 0 Å². The fourth-order valence-corrected chi connectivity index (χ4v) is 5.39. The Hall–Kier alpha value is -3.65. The van der Waals surface area contributed by atoms with Gasteiger partial charge in [-0.1, -0.05) is 44.7 Å². The van der Waals surface area contributed by atoms with Gasteiger partial charge in [0.15, 0.2) is 23.2 Å². The molecule has 0 saturated carbocycles. The molecule has 1 N–H and O–H groups in total. The number of nitrogens with zero attached hydrogens (tertiary/aromatic N) is 3. The van der Waals surface area contributed by atoms with Crippen LogP contribution in [0.5, 0.6) is 5.75 Å². The quantitative estimate of drug-likeness (QED) is 0.312. The van der Waals surface area contributed by atoms with Crippen LogP contribution in [0, 0.1) is 0 Å². The number of ether oxygens (including phenoxy) is 5. The lowest BCUT2D eigenvalue weighted by atomic mass is 9.87. The Morgan fingerprint density at radius 2 is 1.57 bits per heavy atom. The fraction of sp³-hybridized carbons (Fsp3) is 0.571. The summed E-state index contributed by atoms with van der Waals surface area (Å²) in [5.41, 5.74) is 0.296. The summed E-state index contributed by atoms with van der Waals surface area (Å²) in [5, 5.41) is 11.7. The first-order chi connectivity index (χ1) is 19.6. The first-order valence-electron chi connectivity index (χ1n) is 13.3. The average molecular weight is 607 g/mol. The Bertz CT molecular complexity index is 1280. The molecule has 1 saturated heterocycles. The molecule has 1 aromatic heterocycles. The van der Waals surface area contributed by atoms with Crippen molar-refractivity contribution in [1.82, 2.24) is 20.1 Å². The fourth-order valence-electron chi connectivity index (χ4n) is 4.27. The van der Waals surface area contributed by atoms with E-state index >= 15 is 0 Å². The normalized spacial score (nSPS) is 22.1. The van der Waals surface area contributed by atoms with Crippen LogP contribution in [0.2, 0.25) is 0 Å². The van der Waals surface area contributed by atoms with E-state index in [0.717, 1.165) is 11.8 Å². The van der Waals surface area contributed by atoms with Crippen LogP contribution in [-0.4, -0.2) is 75.0 Å². The SMILES string of the molecule is CC(=O)N[C@H]1[C@H](OC(C)=O)[C@@H](OC(C)=O)[C@@H](COC(C)=O)O[C@H]1Sc1nnc(COc2ccc(C(C)(C)C)cc2)n1C. The minimum atomic E-state index is -1.17. The number of hydrogen-bond donors (Lipinski definition) is 1. The summed E-state index contributed by atoms with van der Waals surface area (Å²) in [6, 6.07) is 6.87. The Balaban J connectivity index is 1.85. The highest BCUT2D eigenvalue weighted by Gasteiger charge is 2.51. The number of aromatic nitrogens is 3. The lowest BCUT2D eigenvalue weighted by molar-refractivity contribution is -0.211. The molecule has 0 unspecified atom stereocenters. The molecule has 1 aliphatic heterocycles.